The lowest BCUT2D eigenvalue weighted by molar-refractivity contribution is 0.0697. The molecule has 0 aliphatic rings. The second kappa shape index (κ2) is 9.51. The number of amides is 1. The molecule has 4 rings (SSSR count). The summed E-state index contributed by atoms with van der Waals surface area (Å²) in [4.78, 5) is 25.4. The fourth-order valence-electron chi connectivity index (χ4n) is 3.78. The zero-order valence-electron chi connectivity index (χ0n) is 19.0. The van der Waals surface area contributed by atoms with Crippen LogP contribution in [0, 0.1) is 5.41 Å². The van der Waals surface area contributed by atoms with Gasteiger partial charge >= 0.3 is 16.1 Å². The number of hydrogen-bond donors (Lipinski definition) is 4. The Hall–Kier alpha value is -4.70. The normalized spacial score (nSPS) is 11.1. The Labute approximate surface area is 206 Å². The summed E-state index contributed by atoms with van der Waals surface area (Å²) < 4.78 is 28.7. The molecule has 5 N–H and O–H groups in total. The van der Waals surface area contributed by atoms with Crippen molar-refractivity contribution >= 4 is 44.3 Å². The van der Waals surface area contributed by atoms with Crippen molar-refractivity contribution in [3.05, 3.63) is 95.6 Å². The number of fused-ring (bicyclic) bond motifs is 1. The van der Waals surface area contributed by atoms with Gasteiger partial charge in [-0.15, -0.1) is 0 Å². The second-order valence-corrected chi connectivity index (χ2v) is 9.53. The Morgan fingerprint density at radius 2 is 1.61 bits per heavy atom. The topological polar surface area (TPSA) is 160 Å². The van der Waals surface area contributed by atoms with E-state index >= 15 is 0 Å². The maximum absolute atomic E-state index is 13.4. The number of carboxylic acid groups (broad SMARTS) is 1. The monoisotopic (exact) mass is 503 g/mol. The molecule has 182 valence electrons. The first kappa shape index (κ1) is 24.4. The average molecular weight is 504 g/mol. The number of nitrogens with two attached hydrogens (primary N) is 1. The van der Waals surface area contributed by atoms with E-state index in [1.54, 1.807) is 66.7 Å². The van der Waals surface area contributed by atoms with Crippen LogP contribution in [0.3, 0.4) is 0 Å². The minimum absolute atomic E-state index is 0.0294. The number of carbonyl (C=O) groups excluding carboxylic acids is 1. The number of rotatable bonds is 7. The van der Waals surface area contributed by atoms with E-state index in [0.29, 0.717) is 22.0 Å². The van der Waals surface area contributed by atoms with E-state index < -0.39 is 22.0 Å². The first-order valence-corrected chi connectivity index (χ1v) is 12.4. The van der Waals surface area contributed by atoms with Crippen LogP contribution in [0.15, 0.2) is 78.9 Å². The molecule has 0 spiro atoms. The van der Waals surface area contributed by atoms with Crippen LogP contribution in [-0.4, -0.2) is 37.5 Å². The third-order valence-corrected chi connectivity index (χ3v) is 5.85. The number of carboxylic acids is 1. The van der Waals surface area contributed by atoms with Crippen molar-refractivity contribution in [2.45, 2.75) is 0 Å². The number of anilines is 1. The summed E-state index contributed by atoms with van der Waals surface area (Å²) in [5.41, 5.74) is 7.11. The summed E-state index contributed by atoms with van der Waals surface area (Å²) >= 11 is 0. The molecule has 0 aliphatic heterocycles. The molecule has 10 heteroatoms. The van der Waals surface area contributed by atoms with Gasteiger partial charge in [-0.3, -0.25) is 10.2 Å². The molecule has 0 atom stereocenters. The smallest absolute Gasteiger partial charge is 0.336 e. The van der Waals surface area contributed by atoms with Crippen molar-refractivity contribution in [3.8, 4) is 16.9 Å². The largest absolute Gasteiger partial charge is 0.478 e. The lowest BCUT2D eigenvalue weighted by atomic mass is 9.92. The predicted molar refractivity (Wildman–Crippen MR) is 137 cm³/mol. The minimum Gasteiger partial charge on any atom is -0.478 e. The van der Waals surface area contributed by atoms with Crippen LogP contribution in [0.2, 0.25) is 0 Å². The Kier molecular flexibility index (Phi) is 6.45. The zero-order valence-corrected chi connectivity index (χ0v) is 19.8. The van der Waals surface area contributed by atoms with E-state index in [2.05, 4.69) is 5.32 Å². The average Bonchev–Trinajstić information content (AvgIpc) is 2.83. The van der Waals surface area contributed by atoms with E-state index in [9.17, 15) is 23.1 Å². The summed E-state index contributed by atoms with van der Waals surface area (Å²) in [6, 6.07) is 20.4. The highest BCUT2D eigenvalue weighted by Crippen LogP contribution is 2.36. The van der Waals surface area contributed by atoms with Crippen LogP contribution in [0.1, 0.15) is 26.3 Å². The van der Waals surface area contributed by atoms with Gasteiger partial charge in [0.1, 0.15) is 11.6 Å². The molecule has 0 aromatic heterocycles. The van der Waals surface area contributed by atoms with Gasteiger partial charge in [0.15, 0.2) is 0 Å². The molecule has 0 saturated carbocycles. The molecular weight excluding hydrogens is 482 g/mol. The van der Waals surface area contributed by atoms with Gasteiger partial charge in [-0.25, -0.2) is 4.79 Å². The number of hydrogen-bond acceptors (Lipinski definition) is 6. The van der Waals surface area contributed by atoms with Crippen molar-refractivity contribution in [2.75, 3.05) is 11.6 Å². The first-order chi connectivity index (χ1) is 17.0. The predicted octanol–water partition coefficient (Wildman–Crippen LogP) is 4.08. The Morgan fingerprint density at radius 3 is 2.25 bits per heavy atom. The highest BCUT2D eigenvalue weighted by molar-refractivity contribution is 7.86. The van der Waals surface area contributed by atoms with E-state index in [1.807, 2.05) is 0 Å². The zero-order chi connectivity index (χ0) is 26.0. The van der Waals surface area contributed by atoms with Gasteiger partial charge in [-0.05, 0) is 65.0 Å². The fraction of sp³-hybridized carbons (Fsp3) is 0.0385. The summed E-state index contributed by atoms with van der Waals surface area (Å²) in [7, 11) is -3.84. The number of amidine groups is 1. The molecule has 0 fully saturated rings. The summed E-state index contributed by atoms with van der Waals surface area (Å²) in [5.74, 6) is -1.76. The lowest BCUT2D eigenvalue weighted by Crippen LogP contribution is -2.15. The van der Waals surface area contributed by atoms with Crippen molar-refractivity contribution < 1.29 is 27.3 Å². The SMILES string of the molecule is CS(=O)(=O)Oc1cccc2cc(C(=O)Nc3ccc(C(=N)N)cc3)c(-c3ccccc3C(=O)O)cc12. The Balaban J connectivity index is 1.90. The highest BCUT2D eigenvalue weighted by Gasteiger charge is 2.21. The summed E-state index contributed by atoms with van der Waals surface area (Å²) in [6.45, 7) is 0. The number of nitrogen functional groups attached to an aromatic ring is 1. The molecule has 0 bridgehead atoms. The van der Waals surface area contributed by atoms with Crippen LogP contribution >= 0.6 is 0 Å². The summed E-state index contributed by atoms with van der Waals surface area (Å²) in [5, 5.41) is 20.9. The molecule has 1 amide bonds. The van der Waals surface area contributed by atoms with Crippen LogP contribution in [0.5, 0.6) is 5.75 Å². The van der Waals surface area contributed by atoms with E-state index in [4.69, 9.17) is 15.3 Å². The van der Waals surface area contributed by atoms with E-state index in [1.165, 1.54) is 12.1 Å². The molecule has 0 heterocycles. The van der Waals surface area contributed by atoms with Crippen molar-refractivity contribution in [3.63, 3.8) is 0 Å². The molecule has 0 aliphatic carbocycles. The van der Waals surface area contributed by atoms with E-state index in [-0.39, 0.29) is 33.8 Å². The number of benzene rings is 4. The number of aromatic carboxylic acids is 1. The van der Waals surface area contributed by atoms with Gasteiger partial charge < -0.3 is 20.3 Å². The van der Waals surface area contributed by atoms with Gasteiger partial charge in [-0.2, -0.15) is 8.42 Å². The second-order valence-electron chi connectivity index (χ2n) is 7.96. The van der Waals surface area contributed by atoms with Crippen LogP contribution in [0.25, 0.3) is 21.9 Å². The van der Waals surface area contributed by atoms with Crippen molar-refractivity contribution in [1.82, 2.24) is 0 Å². The molecule has 4 aromatic rings. The van der Waals surface area contributed by atoms with Crippen LogP contribution < -0.4 is 15.2 Å². The molecule has 0 saturated heterocycles. The maximum atomic E-state index is 13.4. The number of nitrogens with one attached hydrogen (secondary N) is 2. The van der Waals surface area contributed by atoms with Crippen LogP contribution in [-0.2, 0) is 10.1 Å². The highest BCUT2D eigenvalue weighted by atomic mass is 32.2. The maximum Gasteiger partial charge on any atom is 0.336 e. The fourth-order valence-corrected chi connectivity index (χ4v) is 4.25. The van der Waals surface area contributed by atoms with Gasteiger partial charge in [0.25, 0.3) is 5.91 Å². The van der Waals surface area contributed by atoms with Gasteiger partial charge in [0.2, 0.25) is 0 Å². The van der Waals surface area contributed by atoms with Crippen molar-refractivity contribution in [1.29, 1.82) is 5.41 Å². The number of carbonyl (C=O) groups is 2. The third kappa shape index (κ3) is 5.18. The summed E-state index contributed by atoms with van der Waals surface area (Å²) in [6.07, 6.45) is 0.922. The standard InChI is InChI=1S/C26H21N3O6S/c1-36(33,34)35-23-8-4-5-16-13-22(25(30)29-17-11-9-15(10-12-17)24(27)28)21(14-20(16)23)18-6-2-3-7-19(18)26(31)32/h2-14H,1H3,(H3,27,28)(H,29,30)(H,31,32). The lowest BCUT2D eigenvalue weighted by Gasteiger charge is -2.16. The molecule has 0 radical (unpaired) electrons. The van der Waals surface area contributed by atoms with Crippen molar-refractivity contribution in [2.24, 2.45) is 5.73 Å². The molecular formula is C26H21N3O6S. The third-order valence-electron chi connectivity index (χ3n) is 5.37. The molecule has 36 heavy (non-hydrogen) atoms. The van der Waals surface area contributed by atoms with E-state index in [0.717, 1.165) is 6.26 Å². The van der Waals surface area contributed by atoms with Gasteiger partial charge in [-0.1, -0.05) is 30.3 Å². The molecule has 0 unspecified atom stereocenters. The minimum atomic E-state index is -3.84. The Bertz CT molecular complexity index is 1630. The quantitative estimate of drug-likeness (QED) is 0.168. The molecule has 4 aromatic carbocycles. The Morgan fingerprint density at radius 1 is 0.917 bits per heavy atom. The first-order valence-electron chi connectivity index (χ1n) is 10.6. The van der Waals surface area contributed by atoms with Crippen LogP contribution in [0.4, 0.5) is 5.69 Å². The van der Waals surface area contributed by atoms with Gasteiger partial charge in [0.05, 0.1) is 11.8 Å². The van der Waals surface area contributed by atoms with Gasteiger partial charge in [0, 0.05) is 22.2 Å². The molecule has 9 nitrogen and oxygen atoms in total.